The Morgan fingerprint density at radius 1 is 1.17 bits per heavy atom. The van der Waals surface area contributed by atoms with Crippen LogP contribution in [0.15, 0.2) is 71.4 Å². The number of fused-ring (bicyclic) bond motifs is 5. The van der Waals surface area contributed by atoms with Gasteiger partial charge in [0.15, 0.2) is 5.78 Å². The molecule has 3 nitrogen and oxygen atoms in total. The Morgan fingerprint density at radius 2 is 1.91 bits per heavy atom. The second-order valence-corrected chi connectivity index (χ2v) is 6.22. The van der Waals surface area contributed by atoms with Crippen LogP contribution < -0.4 is 0 Å². The van der Waals surface area contributed by atoms with E-state index in [9.17, 15) is 10.0 Å². The monoisotopic (exact) mass is 478 g/mol. The fourth-order valence-corrected chi connectivity index (χ4v) is 4.09. The molecule has 0 saturated heterocycles. The first-order valence-electron chi connectivity index (χ1n) is 7.68. The molecule has 1 radical (unpaired) electrons. The fraction of sp³-hybridized carbons (Fsp3) is 0.263. The van der Waals surface area contributed by atoms with Crippen molar-refractivity contribution in [3.8, 4) is 0 Å². The van der Waals surface area contributed by atoms with Crippen molar-refractivity contribution in [2.45, 2.75) is 6.42 Å². The van der Waals surface area contributed by atoms with Crippen LogP contribution in [-0.4, -0.2) is 16.7 Å². The molecule has 0 amide bonds. The number of allylic oxidation sites excluding steroid dienone is 6. The molecule has 3 aliphatic carbocycles. The number of nitrogens with zero attached hydrogens (tertiary/aromatic N) is 1. The minimum Gasteiger partial charge on any atom is -0.411 e. The van der Waals surface area contributed by atoms with Crippen LogP contribution in [0.3, 0.4) is 0 Å². The summed E-state index contributed by atoms with van der Waals surface area (Å²) in [5.41, 5.74) is 2.29. The van der Waals surface area contributed by atoms with E-state index in [4.69, 9.17) is 0 Å². The van der Waals surface area contributed by atoms with E-state index in [1.807, 2.05) is 18.2 Å². The standard InChI is InChI=1S/C19H17NO2.Re/c21-17(12-4-2-1-3-5-12)9-8-15-11-16-13-6-7-14(10-13)18(16)19(15)20-22;/h1-9,11,13-14,16,18,22H,10H2;/b9-8+,20-19+;. The number of benzene rings is 1. The zero-order valence-corrected chi connectivity index (χ0v) is 15.2. The van der Waals surface area contributed by atoms with Crippen molar-refractivity contribution in [2.75, 3.05) is 0 Å². The van der Waals surface area contributed by atoms with Gasteiger partial charge < -0.3 is 5.21 Å². The smallest absolute Gasteiger partial charge is 0.185 e. The van der Waals surface area contributed by atoms with E-state index in [-0.39, 0.29) is 32.1 Å². The van der Waals surface area contributed by atoms with Gasteiger partial charge in [0.1, 0.15) is 0 Å². The van der Waals surface area contributed by atoms with E-state index in [1.165, 1.54) is 0 Å². The molecular weight excluding hydrogens is 460 g/mol. The zero-order chi connectivity index (χ0) is 15.1. The minimum absolute atomic E-state index is 0. The van der Waals surface area contributed by atoms with Crippen LogP contribution in [-0.2, 0) is 20.4 Å². The van der Waals surface area contributed by atoms with Gasteiger partial charge in [0.05, 0.1) is 5.71 Å². The molecule has 1 N–H and O–H groups in total. The molecule has 4 heteroatoms. The van der Waals surface area contributed by atoms with Crippen molar-refractivity contribution in [1.29, 1.82) is 0 Å². The third kappa shape index (κ3) is 2.67. The molecule has 1 fully saturated rings. The first-order chi connectivity index (χ1) is 10.8. The molecule has 0 aromatic heterocycles. The number of ketones is 1. The Kier molecular flexibility index (Phi) is 4.48. The predicted molar refractivity (Wildman–Crippen MR) is 84.9 cm³/mol. The molecule has 1 aromatic carbocycles. The van der Waals surface area contributed by atoms with E-state index in [2.05, 4.69) is 23.4 Å². The van der Waals surface area contributed by atoms with Gasteiger partial charge in [-0.25, -0.2) is 0 Å². The molecule has 1 saturated carbocycles. The molecule has 23 heavy (non-hydrogen) atoms. The summed E-state index contributed by atoms with van der Waals surface area (Å²) in [4.78, 5) is 12.2. The van der Waals surface area contributed by atoms with E-state index < -0.39 is 0 Å². The molecule has 4 atom stereocenters. The molecule has 117 valence electrons. The first kappa shape index (κ1) is 16.1. The second-order valence-electron chi connectivity index (χ2n) is 6.22. The van der Waals surface area contributed by atoms with Crippen LogP contribution >= 0.6 is 0 Å². The normalized spacial score (nSPS) is 32.2. The van der Waals surface area contributed by atoms with Gasteiger partial charge in [0, 0.05) is 31.9 Å². The van der Waals surface area contributed by atoms with Crippen LogP contribution in [0.2, 0.25) is 0 Å². The summed E-state index contributed by atoms with van der Waals surface area (Å²) >= 11 is 0. The number of rotatable bonds is 3. The summed E-state index contributed by atoms with van der Waals surface area (Å²) in [6.45, 7) is 0. The number of hydrogen-bond donors (Lipinski definition) is 1. The van der Waals surface area contributed by atoms with Crippen molar-refractivity contribution in [1.82, 2.24) is 0 Å². The van der Waals surface area contributed by atoms with Crippen molar-refractivity contribution in [3.05, 3.63) is 71.8 Å². The Balaban J connectivity index is 0.00000156. The zero-order valence-electron chi connectivity index (χ0n) is 12.5. The number of hydrogen-bond acceptors (Lipinski definition) is 3. The van der Waals surface area contributed by atoms with Crippen molar-refractivity contribution in [3.63, 3.8) is 0 Å². The summed E-state index contributed by atoms with van der Waals surface area (Å²) < 4.78 is 0. The third-order valence-corrected chi connectivity index (χ3v) is 5.08. The van der Waals surface area contributed by atoms with E-state index >= 15 is 0 Å². The van der Waals surface area contributed by atoms with Gasteiger partial charge in [-0.2, -0.15) is 0 Å². The molecule has 0 spiro atoms. The minimum atomic E-state index is -0.0306. The molecule has 4 unspecified atom stereocenters. The van der Waals surface area contributed by atoms with Crippen LogP contribution in [0.4, 0.5) is 0 Å². The van der Waals surface area contributed by atoms with Gasteiger partial charge in [0.2, 0.25) is 0 Å². The molecule has 1 aromatic rings. The maximum Gasteiger partial charge on any atom is 0.185 e. The van der Waals surface area contributed by atoms with Gasteiger partial charge in [-0.05, 0) is 41.9 Å². The Labute approximate surface area is 149 Å². The second kappa shape index (κ2) is 6.39. The van der Waals surface area contributed by atoms with Gasteiger partial charge in [-0.3, -0.25) is 4.79 Å². The fourth-order valence-electron chi connectivity index (χ4n) is 4.09. The maximum absolute atomic E-state index is 12.2. The number of carbonyl (C=O) groups is 1. The molecule has 4 rings (SSSR count). The van der Waals surface area contributed by atoms with Gasteiger partial charge >= 0.3 is 0 Å². The number of carbonyl (C=O) groups excluding carboxylic acids is 1. The number of oxime groups is 1. The first-order valence-corrected chi connectivity index (χ1v) is 7.68. The van der Waals surface area contributed by atoms with Crippen LogP contribution in [0, 0.1) is 23.7 Å². The molecule has 0 aliphatic heterocycles. The summed E-state index contributed by atoms with van der Waals surface area (Å²) in [7, 11) is 0. The summed E-state index contributed by atoms with van der Waals surface area (Å²) in [5.74, 6) is 1.71. The molecule has 3 aliphatic rings. The van der Waals surface area contributed by atoms with E-state index in [1.54, 1.807) is 24.3 Å². The van der Waals surface area contributed by atoms with Crippen LogP contribution in [0.1, 0.15) is 16.8 Å². The summed E-state index contributed by atoms with van der Waals surface area (Å²) in [5, 5.41) is 12.9. The van der Waals surface area contributed by atoms with Gasteiger partial charge in [-0.15, -0.1) is 0 Å². The van der Waals surface area contributed by atoms with Crippen molar-refractivity contribution >= 4 is 11.5 Å². The Hall–Kier alpha value is -1.76. The van der Waals surface area contributed by atoms with E-state index in [0.717, 1.165) is 17.7 Å². The average Bonchev–Trinajstić information content (AvgIpc) is 3.24. The SMILES string of the molecule is O=C(/C=C/C1=CC2C3C=CC(C3)C2/C1=N/O)c1ccccc1.[Re]. The Bertz CT molecular complexity index is 733. The molecule has 2 bridgehead atoms. The van der Waals surface area contributed by atoms with Gasteiger partial charge in [0.25, 0.3) is 0 Å². The van der Waals surface area contributed by atoms with E-state index in [0.29, 0.717) is 23.3 Å². The van der Waals surface area contributed by atoms with Crippen LogP contribution in [0.5, 0.6) is 0 Å². The largest absolute Gasteiger partial charge is 0.411 e. The summed E-state index contributed by atoms with van der Waals surface area (Å²) in [6, 6.07) is 9.19. The predicted octanol–water partition coefficient (Wildman–Crippen LogP) is 3.63. The third-order valence-electron chi connectivity index (χ3n) is 5.08. The molecular formula is C19H17NO2Re. The summed E-state index contributed by atoms with van der Waals surface area (Å²) in [6.07, 6.45) is 11.2. The van der Waals surface area contributed by atoms with Gasteiger partial charge in [-0.1, -0.05) is 53.7 Å². The van der Waals surface area contributed by atoms with Crippen molar-refractivity contribution < 1.29 is 30.4 Å². The topological polar surface area (TPSA) is 49.7 Å². The maximum atomic E-state index is 12.2. The molecule has 0 heterocycles. The van der Waals surface area contributed by atoms with Crippen LogP contribution in [0.25, 0.3) is 0 Å². The average molecular weight is 478 g/mol. The van der Waals surface area contributed by atoms with Crippen molar-refractivity contribution in [2.24, 2.45) is 28.8 Å². The Morgan fingerprint density at radius 3 is 2.65 bits per heavy atom. The quantitative estimate of drug-likeness (QED) is 0.238.